The van der Waals surface area contributed by atoms with E-state index in [1.54, 1.807) is 11.0 Å². The van der Waals surface area contributed by atoms with Crippen LogP contribution in [0.4, 0.5) is 10.1 Å². The first kappa shape index (κ1) is 16.1. The molecule has 1 N–H and O–H groups in total. The lowest BCUT2D eigenvalue weighted by Gasteiger charge is -2.26. The average Bonchev–Trinajstić information content (AvgIpc) is 2.64. The Morgan fingerprint density at radius 3 is 2.46 bits per heavy atom. The standard InChI is InChI=1S/C18H18FN3O2/c19-14-4-6-15(7-5-14)21-17(23)13-8-9-20-16(12-13)18(24)22-10-2-1-3-11-22/h4-9,12H,1-3,10-11H2,(H,21,23). The van der Waals surface area contributed by atoms with Gasteiger partial charge in [0, 0.05) is 30.5 Å². The molecule has 1 fully saturated rings. The Morgan fingerprint density at radius 2 is 1.75 bits per heavy atom. The minimum atomic E-state index is -0.369. The molecule has 124 valence electrons. The van der Waals surface area contributed by atoms with Crippen molar-refractivity contribution >= 4 is 17.5 Å². The quantitative estimate of drug-likeness (QED) is 0.942. The van der Waals surface area contributed by atoms with Crippen molar-refractivity contribution in [2.45, 2.75) is 19.3 Å². The number of amides is 2. The number of nitrogens with zero attached hydrogens (tertiary/aromatic N) is 2. The first-order valence-corrected chi connectivity index (χ1v) is 7.96. The molecule has 2 aromatic rings. The lowest BCUT2D eigenvalue weighted by Crippen LogP contribution is -2.36. The van der Waals surface area contributed by atoms with Crippen LogP contribution < -0.4 is 5.32 Å². The maximum atomic E-state index is 12.9. The molecule has 6 heteroatoms. The number of likely N-dealkylation sites (tertiary alicyclic amines) is 1. The summed E-state index contributed by atoms with van der Waals surface area (Å²) in [7, 11) is 0. The van der Waals surface area contributed by atoms with Crippen LogP contribution in [0.15, 0.2) is 42.6 Å². The molecule has 5 nitrogen and oxygen atoms in total. The van der Waals surface area contributed by atoms with Gasteiger partial charge in [0.05, 0.1) is 0 Å². The van der Waals surface area contributed by atoms with Gasteiger partial charge in [0.15, 0.2) is 0 Å². The van der Waals surface area contributed by atoms with Crippen LogP contribution in [0.25, 0.3) is 0 Å². The Kier molecular flexibility index (Phi) is 4.84. The predicted octanol–water partition coefficient (Wildman–Crippen LogP) is 3.10. The summed E-state index contributed by atoms with van der Waals surface area (Å²) in [6.45, 7) is 1.46. The Bertz CT molecular complexity index is 740. The second-order valence-electron chi connectivity index (χ2n) is 5.74. The largest absolute Gasteiger partial charge is 0.337 e. The molecule has 0 atom stereocenters. The topological polar surface area (TPSA) is 62.3 Å². The van der Waals surface area contributed by atoms with E-state index >= 15 is 0 Å². The van der Waals surface area contributed by atoms with Crippen LogP contribution in [-0.2, 0) is 0 Å². The summed E-state index contributed by atoms with van der Waals surface area (Å²) < 4.78 is 12.9. The molecule has 0 aliphatic carbocycles. The number of nitrogens with one attached hydrogen (secondary N) is 1. The molecule has 0 unspecified atom stereocenters. The zero-order valence-corrected chi connectivity index (χ0v) is 13.2. The molecule has 0 bridgehead atoms. The SMILES string of the molecule is O=C(Nc1ccc(F)cc1)c1ccnc(C(=O)N2CCCCC2)c1. The number of pyridine rings is 1. The number of carbonyl (C=O) groups excluding carboxylic acids is 2. The summed E-state index contributed by atoms with van der Waals surface area (Å²) in [5.74, 6) is -0.880. The van der Waals surface area contributed by atoms with E-state index < -0.39 is 0 Å². The monoisotopic (exact) mass is 327 g/mol. The van der Waals surface area contributed by atoms with E-state index in [0.29, 0.717) is 11.3 Å². The summed E-state index contributed by atoms with van der Waals surface area (Å²) in [6.07, 6.45) is 4.58. The average molecular weight is 327 g/mol. The van der Waals surface area contributed by atoms with E-state index in [9.17, 15) is 14.0 Å². The van der Waals surface area contributed by atoms with Crippen molar-refractivity contribution in [2.24, 2.45) is 0 Å². The third-order valence-corrected chi connectivity index (χ3v) is 3.99. The Morgan fingerprint density at radius 1 is 1.04 bits per heavy atom. The number of rotatable bonds is 3. The van der Waals surface area contributed by atoms with Gasteiger partial charge in [0.1, 0.15) is 11.5 Å². The smallest absolute Gasteiger partial charge is 0.272 e. The van der Waals surface area contributed by atoms with E-state index in [1.165, 1.54) is 36.5 Å². The second kappa shape index (κ2) is 7.21. The second-order valence-corrected chi connectivity index (χ2v) is 5.74. The van der Waals surface area contributed by atoms with E-state index in [1.807, 2.05) is 0 Å². The molecule has 24 heavy (non-hydrogen) atoms. The van der Waals surface area contributed by atoms with Gasteiger partial charge in [-0.25, -0.2) is 4.39 Å². The van der Waals surface area contributed by atoms with Crippen molar-refractivity contribution in [1.82, 2.24) is 9.88 Å². The molecule has 2 heterocycles. The highest BCUT2D eigenvalue weighted by Crippen LogP contribution is 2.14. The Hall–Kier alpha value is -2.76. The van der Waals surface area contributed by atoms with Crippen LogP contribution in [0.2, 0.25) is 0 Å². The van der Waals surface area contributed by atoms with Crippen LogP contribution in [0, 0.1) is 5.82 Å². The van der Waals surface area contributed by atoms with Gasteiger partial charge in [-0.3, -0.25) is 14.6 Å². The van der Waals surface area contributed by atoms with Gasteiger partial charge in [-0.2, -0.15) is 0 Å². The zero-order valence-electron chi connectivity index (χ0n) is 13.2. The number of aromatic nitrogens is 1. The van der Waals surface area contributed by atoms with E-state index in [0.717, 1.165) is 32.4 Å². The van der Waals surface area contributed by atoms with Gasteiger partial charge in [0.25, 0.3) is 11.8 Å². The highest BCUT2D eigenvalue weighted by atomic mass is 19.1. The Balaban J connectivity index is 1.73. The fourth-order valence-corrected chi connectivity index (χ4v) is 2.68. The minimum Gasteiger partial charge on any atom is -0.337 e. The zero-order chi connectivity index (χ0) is 16.9. The van der Waals surface area contributed by atoms with Gasteiger partial charge in [-0.05, 0) is 55.7 Å². The molecule has 1 aliphatic heterocycles. The molecule has 2 amide bonds. The van der Waals surface area contributed by atoms with Crippen LogP contribution in [0.1, 0.15) is 40.1 Å². The normalized spacial score (nSPS) is 14.3. The molecule has 1 saturated heterocycles. The van der Waals surface area contributed by atoms with Crippen molar-refractivity contribution < 1.29 is 14.0 Å². The summed E-state index contributed by atoms with van der Waals surface area (Å²) in [5, 5.41) is 2.67. The maximum Gasteiger partial charge on any atom is 0.272 e. The molecule has 1 aromatic heterocycles. The first-order valence-electron chi connectivity index (χ1n) is 7.96. The minimum absolute atomic E-state index is 0.147. The molecule has 0 spiro atoms. The third-order valence-electron chi connectivity index (χ3n) is 3.99. The number of hydrogen-bond acceptors (Lipinski definition) is 3. The number of halogens is 1. The molecule has 0 radical (unpaired) electrons. The number of hydrogen-bond donors (Lipinski definition) is 1. The first-order chi connectivity index (χ1) is 11.6. The summed E-state index contributed by atoms with van der Waals surface area (Å²) in [5.41, 5.74) is 1.10. The maximum absolute atomic E-state index is 12.9. The van der Waals surface area contributed by atoms with Gasteiger partial charge < -0.3 is 10.2 Å². The van der Waals surface area contributed by atoms with Gasteiger partial charge in [-0.15, -0.1) is 0 Å². The number of carbonyl (C=O) groups is 2. The van der Waals surface area contributed by atoms with E-state index in [4.69, 9.17) is 0 Å². The van der Waals surface area contributed by atoms with Crippen LogP contribution in [0.3, 0.4) is 0 Å². The fraction of sp³-hybridized carbons (Fsp3) is 0.278. The van der Waals surface area contributed by atoms with Crippen molar-refractivity contribution in [1.29, 1.82) is 0 Å². The Labute approximate surface area is 139 Å². The van der Waals surface area contributed by atoms with Crippen molar-refractivity contribution in [3.63, 3.8) is 0 Å². The third kappa shape index (κ3) is 3.76. The van der Waals surface area contributed by atoms with Crippen molar-refractivity contribution in [2.75, 3.05) is 18.4 Å². The molecule has 3 rings (SSSR count). The molecule has 0 saturated carbocycles. The molecule has 1 aromatic carbocycles. The molecular formula is C18H18FN3O2. The summed E-state index contributed by atoms with van der Waals surface area (Å²) in [4.78, 5) is 30.6. The van der Waals surface area contributed by atoms with Crippen LogP contribution >= 0.6 is 0 Å². The van der Waals surface area contributed by atoms with Crippen LogP contribution in [-0.4, -0.2) is 34.8 Å². The van der Waals surface area contributed by atoms with Crippen molar-refractivity contribution in [3.05, 3.63) is 59.7 Å². The van der Waals surface area contributed by atoms with E-state index in [2.05, 4.69) is 10.3 Å². The predicted molar refractivity (Wildman–Crippen MR) is 88.3 cm³/mol. The highest BCUT2D eigenvalue weighted by molar-refractivity contribution is 6.05. The number of piperidine rings is 1. The molecule has 1 aliphatic rings. The van der Waals surface area contributed by atoms with Gasteiger partial charge >= 0.3 is 0 Å². The van der Waals surface area contributed by atoms with Crippen molar-refractivity contribution in [3.8, 4) is 0 Å². The summed E-state index contributed by atoms with van der Waals surface area (Å²) >= 11 is 0. The highest BCUT2D eigenvalue weighted by Gasteiger charge is 2.20. The van der Waals surface area contributed by atoms with Gasteiger partial charge in [0.2, 0.25) is 0 Å². The van der Waals surface area contributed by atoms with Gasteiger partial charge in [-0.1, -0.05) is 0 Å². The number of benzene rings is 1. The lowest BCUT2D eigenvalue weighted by molar-refractivity contribution is 0.0718. The summed E-state index contributed by atoms with van der Waals surface area (Å²) in [6, 6.07) is 8.55. The molecular weight excluding hydrogens is 309 g/mol. The van der Waals surface area contributed by atoms with Crippen LogP contribution in [0.5, 0.6) is 0 Å². The number of anilines is 1. The fourth-order valence-electron chi connectivity index (χ4n) is 2.68. The van der Waals surface area contributed by atoms with E-state index in [-0.39, 0.29) is 23.3 Å². The lowest BCUT2D eigenvalue weighted by atomic mass is 10.1.